The van der Waals surface area contributed by atoms with Crippen LogP contribution in [0.5, 0.6) is 0 Å². The Hall–Kier alpha value is -1.01. The molecule has 0 rings (SSSR count). The van der Waals surface area contributed by atoms with Gasteiger partial charge in [-0.2, -0.15) is 0 Å². The van der Waals surface area contributed by atoms with Crippen LogP contribution in [0.2, 0.25) is 0 Å². The van der Waals surface area contributed by atoms with Crippen LogP contribution in [-0.4, -0.2) is 25.0 Å². The summed E-state index contributed by atoms with van der Waals surface area (Å²) < 4.78 is 0. The van der Waals surface area contributed by atoms with Crippen molar-refractivity contribution in [2.45, 2.75) is 26.3 Å². The van der Waals surface area contributed by atoms with Crippen molar-refractivity contribution in [2.24, 2.45) is 0 Å². The summed E-state index contributed by atoms with van der Waals surface area (Å²) in [5.41, 5.74) is 0. The number of hydrogen-bond acceptors (Lipinski definition) is 2. The Morgan fingerprint density at radius 2 is 2.33 bits per heavy atom. The Morgan fingerprint density at radius 1 is 1.67 bits per heavy atom. The van der Waals surface area contributed by atoms with Crippen LogP contribution in [0, 0.1) is 12.3 Å². The molecule has 3 heteroatoms. The zero-order valence-electron chi connectivity index (χ0n) is 7.68. The van der Waals surface area contributed by atoms with Crippen LogP contribution in [0.1, 0.15) is 20.3 Å². The highest BCUT2D eigenvalue weighted by Crippen LogP contribution is 1.85. The second-order valence-electron chi connectivity index (χ2n) is 2.68. The van der Waals surface area contributed by atoms with Crippen LogP contribution in [-0.2, 0) is 4.79 Å². The summed E-state index contributed by atoms with van der Waals surface area (Å²) in [6.07, 6.45) is 5.94. The fraction of sp³-hybridized carbons (Fsp3) is 0.667. The van der Waals surface area contributed by atoms with Crippen molar-refractivity contribution in [1.29, 1.82) is 0 Å². The smallest absolute Gasteiger partial charge is 0.234 e. The molecule has 0 bridgehead atoms. The summed E-state index contributed by atoms with van der Waals surface area (Å²) in [5.74, 6) is 2.40. The molecule has 1 atom stereocenters. The van der Waals surface area contributed by atoms with Crippen LogP contribution in [0.25, 0.3) is 0 Å². The van der Waals surface area contributed by atoms with E-state index in [9.17, 15) is 4.79 Å². The molecule has 3 nitrogen and oxygen atoms in total. The van der Waals surface area contributed by atoms with Gasteiger partial charge in [0.05, 0.1) is 13.1 Å². The monoisotopic (exact) mass is 168 g/mol. The van der Waals surface area contributed by atoms with Crippen molar-refractivity contribution in [3.05, 3.63) is 0 Å². The number of carbonyl (C=O) groups is 1. The van der Waals surface area contributed by atoms with E-state index in [1.54, 1.807) is 0 Å². The molecule has 0 aliphatic carbocycles. The molecule has 0 spiro atoms. The fourth-order valence-corrected chi connectivity index (χ4v) is 0.676. The fourth-order valence-electron chi connectivity index (χ4n) is 0.676. The van der Waals surface area contributed by atoms with Crippen LogP contribution in [0.15, 0.2) is 0 Å². The Bertz CT molecular complexity index is 172. The van der Waals surface area contributed by atoms with Gasteiger partial charge >= 0.3 is 0 Å². The molecule has 2 N–H and O–H groups in total. The molecule has 0 saturated heterocycles. The van der Waals surface area contributed by atoms with Gasteiger partial charge in [-0.15, -0.1) is 6.42 Å². The molecule has 68 valence electrons. The molecule has 0 aliphatic heterocycles. The average Bonchev–Trinajstić information content (AvgIpc) is 2.05. The Balaban J connectivity index is 3.41. The normalized spacial score (nSPS) is 11.8. The maximum absolute atomic E-state index is 11.0. The third kappa shape index (κ3) is 5.75. The van der Waals surface area contributed by atoms with E-state index in [0.717, 1.165) is 6.42 Å². The lowest BCUT2D eigenvalue weighted by Crippen LogP contribution is -2.38. The molecule has 0 fully saturated rings. The van der Waals surface area contributed by atoms with Crippen molar-refractivity contribution in [3.8, 4) is 12.3 Å². The SMILES string of the molecule is C#CCNCC(=O)NC(C)CC. The lowest BCUT2D eigenvalue weighted by atomic mass is 10.2. The molecule has 0 aliphatic rings. The highest BCUT2D eigenvalue weighted by molar-refractivity contribution is 5.78. The molecular weight excluding hydrogens is 152 g/mol. The van der Waals surface area contributed by atoms with Crippen molar-refractivity contribution in [2.75, 3.05) is 13.1 Å². The number of amides is 1. The third-order valence-corrected chi connectivity index (χ3v) is 1.53. The molecule has 1 unspecified atom stereocenters. The highest BCUT2D eigenvalue weighted by atomic mass is 16.1. The molecule has 0 aromatic rings. The Labute approximate surface area is 73.9 Å². The van der Waals surface area contributed by atoms with E-state index < -0.39 is 0 Å². The molecular formula is C9H16N2O. The number of terminal acetylenes is 1. The van der Waals surface area contributed by atoms with Crippen LogP contribution >= 0.6 is 0 Å². The minimum Gasteiger partial charge on any atom is -0.353 e. The Kier molecular flexibility index (Phi) is 6.12. The van der Waals surface area contributed by atoms with Gasteiger partial charge in [-0.3, -0.25) is 10.1 Å². The van der Waals surface area contributed by atoms with Gasteiger partial charge in [-0.05, 0) is 13.3 Å². The van der Waals surface area contributed by atoms with Gasteiger partial charge < -0.3 is 5.32 Å². The van der Waals surface area contributed by atoms with E-state index in [-0.39, 0.29) is 11.9 Å². The molecule has 0 aromatic heterocycles. The van der Waals surface area contributed by atoms with Gasteiger partial charge in [-0.1, -0.05) is 12.8 Å². The first-order valence-corrected chi connectivity index (χ1v) is 4.14. The average molecular weight is 168 g/mol. The van der Waals surface area contributed by atoms with E-state index in [1.165, 1.54) is 0 Å². The maximum Gasteiger partial charge on any atom is 0.234 e. The van der Waals surface area contributed by atoms with Gasteiger partial charge in [0.15, 0.2) is 0 Å². The van der Waals surface area contributed by atoms with Gasteiger partial charge in [-0.25, -0.2) is 0 Å². The van der Waals surface area contributed by atoms with Gasteiger partial charge in [0, 0.05) is 6.04 Å². The minimum absolute atomic E-state index is 0.000370. The maximum atomic E-state index is 11.0. The number of rotatable bonds is 5. The van der Waals surface area contributed by atoms with Gasteiger partial charge in [0.2, 0.25) is 5.91 Å². The van der Waals surface area contributed by atoms with Crippen molar-refractivity contribution < 1.29 is 4.79 Å². The van der Waals surface area contributed by atoms with E-state index >= 15 is 0 Å². The quantitative estimate of drug-likeness (QED) is 0.452. The molecule has 0 radical (unpaired) electrons. The molecule has 0 heterocycles. The summed E-state index contributed by atoms with van der Waals surface area (Å²) in [6, 6.07) is 0.241. The van der Waals surface area contributed by atoms with Crippen molar-refractivity contribution in [3.63, 3.8) is 0 Å². The van der Waals surface area contributed by atoms with Crippen LogP contribution in [0.3, 0.4) is 0 Å². The van der Waals surface area contributed by atoms with Crippen LogP contribution in [0.4, 0.5) is 0 Å². The first-order chi connectivity index (χ1) is 5.70. The van der Waals surface area contributed by atoms with E-state index in [4.69, 9.17) is 6.42 Å². The van der Waals surface area contributed by atoms with Gasteiger partial charge in [0.25, 0.3) is 0 Å². The van der Waals surface area contributed by atoms with E-state index in [2.05, 4.69) is 16.6 Å². The first-order valence-electron chi connectivity index (χ1n) is 4.14. The van der Waals surface area contributed by atoms with Crippen molar-refractivity contribution in [1.82, 2.24) is 10.6 Å². The van der Waals surface area contributed by atoms with E-state index in [0.29, 0.717) is 13.1 Å². The lowest BCUT2D eigenvalue weighted by molar-refractivity contribution is -0.120. The summed E-state index contributed by atoms with van der Waals surface area (Å²) in [5, 5.41) is 5.63. The first kappa shape index (κ1) is 11.0. The van der Waals surface area contributed by atoms with Gasteiger partial charge in [0.1, 0.15) is 0 Å². The largest absolute Gasteiger partial charge is 0.353 e. The lowest BCUT2D eigenvalue weighted by Gasteiger charge is -2.10. The summed E-state index contributed by atoms with van der Waals surface area (Å²) in [4.78, 5) is 11.0. The molecule has 0 aromatic carbocycles. The summed E-state index contributed by atoms with van der Waals surface area (Å²) in [6.45, 7) is 4.74. The zero-order chi connectivity index (χ0) is 9.40. The number of nitrogens with one attached hydrogen (secondary N) is 2. The Morgan fingerprint density at radius 3 is 2.83 bits per heavy atom. The minimum atomic E-state index is -0.000370. The van der Waals surface area contributed by atoms with Crippen LogP contribution < -0.4 is 10.6 Å². The molecule has 12 heavy (non-hydrogen) atoms. The second-order valence-corrected chi connectivity index (χ2v) is 2.68. The molecule has 1 amide bonds. The number of hydrogen-bond donors (Lipinski definition) is 2. The summed E-state index contributed by atoms with van der Waals surface area (Å²) >= 11 is 0. The summed E-state index contributed by atoms with van der Waals surface area (Å²) in [7, 11) is 0. The van der Waals surface area contributed by atoms with Crippen molar-refractivity contribution >= 4 is 5.91 Å². The predicted molar refractivity (Wildman–Crippen MR) is 49.6 cm³/mol. The predicted octanol–water partition coefficient (Wildman–Crippen LogP) is 0.124. The standard InChI is InChI=1S/C9H16N2O/c1-4-6-10-7-9(12)11-8(3)5-2/h1,8,10H,5-7H2,2-3H3,(H,11,12). The second kappa shape index (κ2) is 6.68. The van der Waals surface area contributed by atoms with E-state index in [1.807, 2.05) is 13.8 Å². The number of carbonyl (C=O) groups excluding carboxylic acids is 1. The zero-order valence-corrected chi connectivity index (χ0v) is 7.68. The highest BCUT2D eigenvalue weighted by Gasteiger charge is 2.03. The molecule has 0 saturated carbocycles. The topological polar surface area (TPSA) is 41.1 Å². The third-order valence-electron chi connectivity index (χ3n) is 1.53.